The molecule has 0 radical (unpaired) electrons. The quantitative estimate of drug-likeness (QED) is 0.118. The van der Waals surface area contributed by atoms with E-state index in [0.29, 0.717) is 77.2 Å². The van der Waals surface area contributed by atoms with Crippen molar-refractivity contribution in [2.45, 2.75) is 203 Å². The van der Waals surface area contributed by atoms with Gasteiger partial charge >= 0.3 is 6.09 Å². The van der Waals surface area contributed by atoms with Gasteiger partial charge in [0.25, 0.3) is 0 Å². The van der Waals surface area contributed by atoms with Crippen molar-refractivity contribution in [2.75, 3.05) is 38.3 Å². The molecule has 6 rings (SSSR count). The molecule has 4 aromatic carbocycles. The van der Waals surface area contributed by atoms with E-state index in [0.717, 1.165) is 93.2 Å². The van der Waals surface area contributed by atoms with Crippen molar-refractivity contribution >= 4 is 17.7 Å². The van der Waals surface area contributed by atoms with E-state index in [4.69, 9.17) is 23.7 Å². The number of likely N-dealkylation sites (tertiary alicyclic amines) is 1. The zero-order chi connectivity index (χ0) is 52.1. The molecule has 9 heteroatoms. The maximum absolute atomic E-state index is 14.6. The van der Waals surface area contributed by atoms with Crippen LogP contribution in [0.2, 0.25) is 0 Å². The van der Waals surface area contributed by atoms with E-state index in [1.807, 2.05) is 20.8 Å². The van der Waals surface area contributed by atoms with Crippen molar-refractivity contribution in [3.8, 4) is 23.0 Å². The predicted octanol–water partition coefficient (Wildman–Crippen LogP) is 14.7. The second-order valence-corrected chi connectivity index (χ2v) is 24.2. The summed E-state index contributed by atoms with van der Waals surface area (Å²) in [6.07, 6.45) is 6.37. The molecule has 0 spiro atoms. The van der Waals surface area contributed by atoms with Gasteiger partial charge in [-0.15, -0.1) is 0 Å². The first kappa shape index (κ1) is 55.1. The lowest BCUT2D eigenvalue weighted by molar-refractivity contribution is -0.120. The van der Waals surface area contributed by atoms with Crippen LogP contribution in [0, 0.1) is 0 Å². The summed E-state index contributed by atoms with van der Waals surface area (Å²) in [5.41, 5.74) is 11.6. The molecule has 1 fully saturated rings. The highest BCUT2D eigenvalue weighted by atomic mass is 16.6. The molecule has 0 saturated carbocycles. The van der Waals surface area contributed by atoms with Crippen LogP contribution in [0.1, 0.15) is 211 Å². The smallest absolute Gasteiger partial charge is 0.410 e. The van der Waals surface area contributed by atoms with Crippen LogP contribution in [0.25, 0.3) is 0 Å². The minimum Gasteiger partial charge on any atom is -0.493 e. The van der Waals surface area contributed by atoms with E-state index < -0.39 is 17.7 Å². The van der Waals surface area contributed by atoms with Crippen LogP contribution in [-0.2, 0) is 51.5 Å². The summed E-state index contributed by atoms with van der Waals surface area (Å²) in [6, 6.07) is 17.6. The van der Waals surface area contributed by atoms with Crippen LogP contribution in [0.15, 0.2) is 48.5 Å². The molecule has 8 bridgehead atoms. The van der Waals surface area contributed by atoms with Crippen molar-refractivity contribution in [3.05, 3.63) is 110 Å². The molecule has 388 valence electrons. The highest BCUT2D eigenvalue weighted by Gasteiger charge is 2.37. The Hall–Kier alpha value is -5.18. The van der Waals surface area contributed by atoms with Crippen LogP contribution in [0.4, 0.5) is 10.5 Å². The largest absolute Gasteiger partial charge is 0.493 e. The summed E-state index contributed by atoms with van der Waals surface area (Å²) in [7, 11) is 0. The number of carbonyl (C=O) groups is 2. The molecule has 1 unspecified atom stereocenters. The highest BCUT2D eigenvalue weighted by Crippen LogP contribution is 2.44. The molecular weight excluding hydrogens is 885 g/mol. The van der Waals surface area contributed by atoms with Crippen molar-refractivity contribution in [3.63, 3.8) is 0 Å². The third-order valence-corrected chi connectivity index (χ3v) is 13.3. The Labute approximate surface area is 428 Å². The van der Waals surface area contributed by atoms with Gasteiger partial charge in [0.15, 0.2) is 0 Å². The summed E-state index contributed by atoms with van der Waals surface area (Å²) in [4.78, 5) is 29.6. The fraction of sp³-hybridized carbons (Fsp3) is 0.581. The summed E-state index contributed by atoms with van der Waals surface area (Å²) in [5, 5.41) is 3.32. The van der Waals surface area contributed by atoms with E-state index in [-0.39, 0.29) is 22.2 Å². The van der Waals surface area contributed by atoms with Gasteiger partial charge < -0.3 is 29.0 Å². The molecule has 1 aliphatic heterocycles. The summed E-state index contributed by atoms with van der Waals surface area (Å²) >= 11 is 0. The summed E-state index contributed by atoms with van der Waals surface area (Å²) in [6.45, 7) is 37.4. The van der Waals surface area contributed by atoms with Crippen LogP contribution in [0.3, 0.4) is 0 Å². The molecule has 2 amide bonds. The zero-order valence-electron chi connectivity index (χ0n) is 46.6. The van der Waals surface area contributed by atoms with Crippen molar-refractivity contribution in [2.24, 2.45) is 0 Å². The van der Waals surface area contributed by atoms with Crippen LogP contribution < -0.4 is 24.3 Å². The molecule has 71 heavy (non-hydrogen) atoms. The van der Waals surface area contributed by atoms with E-state index >= 15 is 0 Å². The lowest BCUT2D eigenvalue weighted by Crippen LogP contribution is -2.45. The number of amides is 2. The minimum absolute atomic E-state index is 0.135. The number of hydrogen-bond acceptors (Lipinski definition) is 7. The molecule has 1 aliphatic carbocycles. The molecule has 1 heterocycles. The maximum Gasteiger partial charge on any atom is 0.410 e. The van der Waals surface area contributed by atoms with Gasteiger partial charge in [-0.3, -0.25) is 9.69 Å². The average molecular weight is 973 g/mol. The van der Waals surface area contributed by atoms with Crippen molar-refractivity contribution < 1.29 is 33.3 Å². The number of ether oxygens (including phenoxy) is 5. The number of carbonyl (C=O) groups excluding carboxylic acids is 2. The number of nitrogens with zero attached hydrogens (tertiary/aromatic N) is 1. The van der Waals surface area contributed by atoms with Gasteiger partial charge in [0.1, 0.15) is 34.6 Å². The topological polar surface area (TPSA) is 95.6 Å². The van der Waals surface area contributed by atoms with E-state index in [2.05, 4.69) is 144 Å². The first-order valence-electron chi connectivity index (χ1n) is 26.8. The Morgan fingerprint density at radius 1 is 0.493 bits per heavy atom. The second-order valence-electron chi connectivity index (χ2n) is 24.2. The van der Waals surface area contributed by atoms with Gasteiger partial charge in [-0.1, -0.05) is 126 Å². The van der Waals surface area contributed by atoms with Gasteiger partial charge in [0, 0.05) is 49.0 Å². The Morgan fingerprint density at radius 3 is 1.06 bits per heavy atom. The van der Waals surface area contributed by atoms with Gasteiger partial charge in [-0.05, 0) is 138 Å². The minimum atomic E-state index is -0.686. The Bertz CT molecular complexity index is 2390. The first-order valence-corrected chi connectivity index (χ1v) is 26.8. The number of hydrogen-bond donors (Lipinski definition) is 1. The predicted molar refractivity (Wildman–Crippen MR) is 291 cm³/mol. The number of benzene rings is 4. The Kier molecular flexibility index (Phi) is 17.6. The Morgan fingerprint density at radius 2 is 0.789 bits per heavy atom. The molecule has 2 aliphatic rings. The van der Waals surface area contributed by atoms with Crippen LogP contribution in [-0.4, -0.2) is 61.5 Å². The molecule has 1 atom stereocenters. The van der Waals surface area contributed by atoms with E-state index in [1.165, 1.54) is 16.7 Å². The molecule has 1 N–H and O–H groups in total. The number of anilines is 1. The summed E-state index contributed by atoms with van der Waals surface area (Å²) < 4.78 is 33.6. The number of nitrogens with one attached hydrogen (secondary N) is 1. The highest BCUT2D eigenvalue weighted by molar-refractivity contribution is 5.97. The molecule has 4 aromatic rings. The fourth-order valence-electron chi connectivity index (χ4n) is 9.62. The van der Waals surface area contributed by atoms with Gasteiger partial charge in [-0.2, -0.15) is 0 Å². The van der Waals surface area contributed by atoms with Gasteiger partial charge in [0.2, 0.25) is 5.91 Å². The first-order chi connectivity index (χ1) is 33.3. The number of fused-ring (bicyclic) bond motifs is 8. The normalized spacial score (nSPS) is 15.3. The average Bonchev–Trinajstić information content (AvgIpc) is 3.77. The lowest BCUT2D eigenvalue weighted by atomic mass is 9.80. The van der Waals surface area contributed by atoms with Gasteiger partial charge in [-0.25, -0.2) is 4.79 Å². The summed E-state index contributed by atoms with van der Waals surface area (Å²) in [5.74, 6) is 3.26. The Balaban J connectivity index is 1.71. The SMILES string of the molecule is CCCOc1c2cc(NC(=O)C3CCCN3C(=O)OC(C)(C)C)cc1Cc1cc(C(C)(C)C)cc(c1OCCC)Cc1cc(C(C)(C)C)cc(c1OCCC)Cc1cc(C(C)(C)C)cc(c1OCCC)C2. The molecule has 0 aromatic heterocycles. The lowest BCUT2D eigenvalue weighted by Gasteiger charge is -2.29. The van der Waals surface area contributed by atoms with Crippen molar-refractivity contribution in [1.82, 2.24) is 4.90 Å². The molecule has 9 nitrogen and oxygen atoms in total. The third kappa shape index (κ3) is 13.9. The third-order valence-electron chi connectivity index (χ3n) is 13.3. The monoisotopic (exact) mass is 973 g/mol. The van der Waals surface area contributed by atoms with E-state index in [9.17, 15) is 9.59 Å². The molecule has 1 saturated heterocycles. The fourth-order valence-corrected chi connectivity index (χ4v) is 9.62. The van der Waals surface area contributed by atoms with Gasteiger partial charge in [0.05, 0.1) is 26.4 Å². The second kappa shape index (κ2) is 22.7. The standard InChI is InChI=1S/C62H88N2O7/c1-17-24-67-53-40-28-42-34-49(60(8,9)10)36-44(54(42)68-25-18-2)30-46-38-51(63-57(65)52-22-21-23-64(52)58(66)71-62(14,15)16)39-47(56(46)70-27-20-4)31-45-37-50(61(11,12)13)35-43(55(45)69-26-19-3)29-41(53)33-48(32-40)59(5,6)7/h32-39,52H,17-31H2,1-16H3,(H,63,65). The van der Waals surface area contributed by atoms with Crippen LogP contribution in [0.5, 0.6) is 23.0 Å². The zero-order valence-corrected chi connectivity index (χ0v) is 46.6. The maximum atomic E-state index is 14.6. The molecular formula is C62H88N2O7. The van der Waals surface area contributed by atoms with Crippen molar-refractivity contribution in [1.29, 1.82) is 0 Å². The number of rotatable bonds is 14. The van der Waals surface area contributed by atoms with Crippen LogP contribution >= 0.6 is 0 Å². The van der Waals surface area contributed by atoms with E-state index in [1.54, 1.807) is 4.90 Å².